The number of nitro groups is 1. The van der Waals surface area contributed by atoms with Gasteiger partial charge in [0.15, 0.2) is 5.75 Å². The number of nitrogens with zero attached hydrogens (tertiary/aromatic N) is 2. The SMILES string of the molecule is O=C1NC(=O)N(c2ccc([N+](=O)[O-])cc2)C(=O)/C1=C/c1cc(Cl)c(OCc2ccccc2)c(Cl)c1. The van der Waals surface area contributed by atoms with Crippen LogP contribution in [0, 0.1) is 10.1 Å². The number of nitrogens with one attached hydrogen (secondary N) is 1. The summed E-state index contributed by atoms with van der Waals surface area (Å²) in [4.78, 5) is 48.7. The first-order valence-electron chi connectivity index (χ1n) is 10.1. The molecule has 1 N–H and O–H groups in total. The lowest BCUT2D eigenvalue weighted by Crippen LogP contribution is -2.54. The summed E-state index contributed by atoms with van der Waals surface area (Å²) in [6, 6.07) is 16.1. The number of barbiturate groups is 1. The lowest BCUT2D eigenvalue weighted by atomic mass is 10.1. The van der Waals surface area contributed by atoms with E-state index in [0.29, 0.717) is 10.5 Å². The molecule has 3 aromatic rings. The molecular formula is C24H15Cl2N3O6. The van der Waals surface area contributed by atoms with E-state index in [1.165, 1.54) is 30.3 Å². The van der Waals surface area contributed by atoms with Crippen LogP contribution in [0.3, 0.4) is 0 Å². The van der Waals surface area contributed by atoms with E-state index in [4.69, 9.17) is 27.9 Å². The zero-order chi connectivity index (χ0) is 25.1. The Hall–Kier alpha value is -4.21. The number of ether oxygens (including phenoxy) is 1. The van der Waals surface area contributed by atoms with Crippen molar-refractivity contribution in [2.24, 2.45) is 0 Å². The van der Waals surface area contributed by atoms with Crippen LogP contribution in [0.25, 0.3) is 6.08 Å². The number of benzene rings is 3. The molecule has 0 bridgehead atoms. The topological polar surface area (TPSA) is 119 Å². The standard InChI is InChI=1S/C24H15Cl2N3O6/c25-19-11-15(12-20(26)21(19)35-13-14-4-2-1-3-5-14)10-18-22(30)27-24(32)28(23(18)31)16-6-8-17(9-7-16)29(33)34/h1-12H,13H2,(H,27,30,32)/b18-10+. The van der Waals surface area contributed by atoms with Gasteiger partial charge in [-0.1, -0.05) is 53.5 Å². The van der Waals surface area contributed by atoms with Crippen molar-refractivity contribution in [1.29, 1.82) is 0 Å². The minimum Gasteiger partial charge on any atom is -0.486 e. The van der Waals surface area contributed by atoms with Gasteiger partial charge >= 0.3 is 6.03 Å². The maximum absolute atomic E-state index is 13.0. The molecular weight excluding hydrogens is 497 g/mol. The summed E-state index contributed by atoms with van der Waals surface area (Å²) in [5.41, 5.74) is 0.712. The minimum atomic E-state index is -0.980. The van der Waals surface area contributed by atoms with Gasteiger partial charge in [-0.15, -0.1) is 0 Å². The Morgan fingerprint density at radius 2 is 1.60 bits per heavy atom. The first-order chi connectivity index (χ1) is 16.7. The fourth-order valence-electron chi connectivity index (χ4n) is 3.31. The van der Waals surface area contributed by atoms with E-state index in [2.05, 4.69) is 5.32 Å². The van der Waals surface area contributed by atoms with Crippen LogP contribution < -0.4 is 15.0 Å². The number of hydrogen-bond donors (Lipinski definition) is 1. The van der Waals surface area contributed by atoms with Gasteiger partial charge in [-0.25, -0.2) is 9.69 Å². The first-order valence-corrected chi connectivity index (χ1v) is 10.8. The van der Waals surface area contributed by atoms with E-state index >= 15 is 0 Å². The van der Waals surface area contributed by atoms with Crippen LogP contribution in [0.15, 0.2) is 72.3 Å². The second-order valence-corrected chi connectivity index (χ2v) is 8.13. The molecule has 1 heterocycles. The summed E-state index contributed by atoms with van der Waals surface area (Å²) in [6.07, 6.45) is 1.24. The summed E-state index contributed by atoms with van der Waals surface area (Å²) >= 11 is 12.7. The maximum atomic E-state index is 13.0. The van der Waals surface area contributed by atoms with Gasteiger partial charge in [-0.3, -0.25) is 25.0 Å². The number of halogens is 2. The fourth-order valence-corrected chi connectivity index (χ4v) is 3.93. The highest BCUT2D eigenvalue weighted by Gasteiger charge is 2.37. The summed E-state index contributed by atoms with van der Waals surface area (Å²) in [6.45, 7) is 0.230. The predicted octanol–water partition coefficient (Wildman–Crippen LogP) is 5.15. The highest BCUT2D eigenvalue weighted by Crippen LogP contribution is 2.36. The number of rotatable bonds is 6. The van der Waals surface area contributed by atoms with Gasteiger partial charge in [0.2, 0.25) is 0 Å². The Labute approximate surface area is 208 Å². The zero-order valence-electron chi connectivity index (χ0n) is 17.7. The highest BCUT2D eigenvalue weighted by atomic mass is 35.5. The number of anilines is 1. The smallest absolute Gasteiger partial charge is 0.335 e. The third-order valence-electron chi connectivity index (χ3n) is 4.98. The molecule has 0 saturated carbocycles. The average molecular weight is 512 g/mol. The Morgan fingerprint density at radius 3 is 2.20 bits per heavy atom. The van der Waals surface area contributed by atoms with Crippen molar-refractivity contribution in [2.75, 3.05) is 4.90 Å². The van der Waals surface area contributed by atoms with Crippen LogP contribution in [0.1, 0.15) is 11.1 Å². The van der Waals surface area contributed by atoms with Crippen molar-refractivity contribution in [1.82, 2.24) is 5.32 Å². The van der Waals surface area contributed by atoms with Crippen molar-refractivity contribution < 1.29 is 24.0 Å². The number of nitro benzene ring substituents is 1. The van der Waals surface area contributed by atoms with Crippen LogP contribution >= 0.6 is 23.2 Å². The van der Waals surface area contributed by atoms with E-state index < -0.39 is 22.8 Å². The van der Waals surface area contributed by atoms with Crippen LogP contribution in [0.5, 0.6) is 5.75 Å². The zero-order valence-corrected chi connectivity index (χ0v) is 19.2. The largest absolute Gasteiger partial charge is 0.486 e. The van der Waals surface area contributed by atoms with Gasteiger partial charge in [0.1, 0.15) is 12.2 Å². The number of urea groups is 1. The normalized spacial score (nSPS) is 14.7. The monoisotopic (exact) mass is 511 g/mol. The molecule has 11 heteroatoms. The molecule has 0 spiro atoms. The summed E-state index contributed by atoms with van der Waals surface area (Å²) in [5.74, 6) is -1.58. The van der Waals surface area contributed by atoms with Crippen LogP contribution in [0.2, 0.25) is 10.0 Å². The molecule has 0 unspecified atom stereocenters. The fraction of sp³-hybridized carbons (Fsp3) is 0.0417. The molecule has 4 rings (SSSR count). The first kappa shape index (κ1) is 23.9. The highest BCUT2D eigenvalue weighted by molar-refractivity contribution is 6.40. The molecule has 176 valence electrons. The molecule has 1 aliphatic rings. The summed E-state index contributed by atoms with van der Waals surface area (Å²) < 4.78 is 5.72. The van der Waals surface area contributed by atoms with E-state index in [1.54, 1.807) is 0 Å². The van der Waals surface area contributed by atoms with Gasteiger partial charge in [0, 0.05) is 12.1 Å². The molecule has 35 heavy (non-hydrogen) atoms. The van der Waals surface area contributed by atoms with Gasteiger partial charge in [0.05, 0.1) is 20.7 Å². The molecule has 3 aromatic carbocycles. The van der Waals surface area contributed by atoms with Gasteiger partial charge in [-0.05, 0) is 41.5 Å². The number of carbonyl (C=O) groups excluding carboxylic acids is 3. The Kier molecular flexibility index (Phi) is 6.81. The van der Waals surface area contributed by atoms with Crippen LogP contribution in [-0.2, 0) is 16.2 Å². The Morgan fingerprint density at radius 1 is 0.971 bits per heavy atom. The van der Waals surface area contributed by atoms with Crippen molar-refractivity contribution in [3.8, 4) is 5.75 Å². The average Bonchev–Trinajstić information content (AvgIpc) is 2.82. The maximum Gasteiger partial charge on any atom is 0.335 e. The molecule has 1 saturated heterocycles. The van der Waals surface area contributed by atoms with Crippen molar-refractivity contribution in [3.63, 3.8) is 0 Å². The molecule has 0 radical (unpaired) electrons. The minimum absolute atomic E-state index is 0.0530. The number of hydrogen-bond acceptors (Lipinski definition) is 6. The van der Waals surface area contributed by atoms with E-state index in [-0.39, 0.29) is 39.3 Å². The van der Waals surface area contributed by atoms with E-state index in [9.17, 15) is 24.5 Å². The van der Waals surface area contributed by atoms with Crippen LogP contribution in [0.4, 0.5) is 16.2 Å². The number of non-ortho nitro benzene ring substituents is 1. The van der Waals surface area contributed by atoms with Gasteiger partial charge in [0.25, 0.3) is 17.5 Å². The second-order valence-electron chi connectivity index (χ2n) is 7.32. The predicted molar refractivity (Wildman–Crippen MR) is 129 cm³/mol. The molecule has 9 nitrogen and oxygen atoms in total. The second kappa shape index (κ2) is 9.96. The lowest BCUT2D eigenvalue weighted by Gasteiger charge is -2.26. The Bertz CT molecular complexity index is 1350. The summed E-state index contributed by atoms with van der Waals surface area (Å²) in [7, 11) is 0. The molecule has 1 fully saturated rings. The van der Waals surface area contributed by atoms with Crippen molar-refractivity contribution in [2.45, 2.75) is 6.61 Å². The Balaban J connectivity index is 1.61. The molecule has 0 aromatic heterocycles. The molecule has 0 aliphatic carbocycles. The lowest BCUT2D eigenvalue weighted by molar-refractivity contribution is -0.384. The van der Waals surface area contributed by atoms with Gasteiger partial charge < -0.3 is 4.74 Å². The summed E-state index contributed by atoms with van der Waals surface area (Å²) in [5, 5.41) is 13.3. The van der Waals surface area contributed by atoms with E-state index in [0.717, 1.165) is 17.7 Å². The van der Waals surface area contributed by atoms with Gasteiger partial charge in [-0.2, -0.15) is 0 Å². The van der Waals surface area contributed by atoms with Crippen molar-refractivity contribution >= 4 is 58.5 Å². The third-order valence-corrected chi connectivity index (χ3v) is 5.54. The van der Waals surface area contributed by atoms with Crippen LogP contribution in [-0.4, -0.2) is 22.8 Å². The number of imide groups is 2. The number of carbonyl (C=O) groups is 3. The third kappa shape index (κ3) is 5.16. The molecule has 4 amide bonds. The molecule has 0 atom stereocenters. The van der Waals surface area contributed by atoms with Crippen molar-refractivity contribution in [3.05, 3.63) is 104 Å². The number of amides is 4. The quantitative estimate of drug-likeness (QED) is 0.211. The molecule has 1 aliphatic heterocycles. The van der Waals surface area contributed by atoms with E-state index in [1.807, 2.05) is 30.3 Å².